The van der Waals surface area contributed by atoms with Crippen LogP contribution in [0.25, 0.3) is 0 Å². The fraction of sp³-hybridized carbons (Fsp3) is 0.500. The van der Waals surface area contributed by atoms with Gasteiger partial charge in [-0.05, 0) is 30.5 Å². The summed E-state index contributed by atoms with van der Waals surface area (Å²) >= 11 is 0. The van der Waals surface area contributed by atoms with Crippen molar-refractivity contribution in [3.05, 3.63) is 29.3 Å². The highest BCUT2D eigenvalue weighted by atomic mass is 16.1. The van der Waals surface area contributed by atoms with Crippen LogP contribution in [0.4, 0.5) is 5.69 Å². The first kappa shape index (κ1) is 12.9. The molecule has 1 aliphatic heterocycles. The van der Waals surface area contributed by atoms with Gasteiger partial charge in [0.1, 0.15) is 0 Å². The first-order valence-electron chi connectivity index (χ1n) is 6.56. The number of nitrogen functional groups attached to an aromatic ring is 1. The molecule has 0 unspecified atom stereocenters. The average molecular weight is 247 g/mol. The van der Waals surface area contributed by atoms with Crippen molar-refractivity contribution in [1.29, 1.82) is 0 Å². The number of hydrogen-bond acceptors (Lipinski definition) is 3. The molecule has 1 aromatic carbocycles. The number of carbonyl (C=O) groups is 1. The maximum absolute atomic E-state index is 11.4. The molecule has 1 amide bonds. The largest absolute Gasteiger partial charge is 0.398 e. The number of anilines is 1. The number of benzene rings is 1. The summed E-state index contributed by atoms with van der Waals surface area (Å²) in [6, 6.07) is 6.11. The topological polar surface area (TPSA) is 58.4 Å². The Kier molecular flexibility index (Phi) is 4.20. The van der Waals surface area contributed by atoms with Crippen molar-refractivity contribution in [3.8, 4) is 0 Å². The highest BCUT2D eigenvalue weighted by Crippen LogP contribution is 2.24. The van der Waals surface area contributed by atoms with Crippen LogP contribution in [-0.4, -0.2) is 30.4 Å². The minimum atomic E-state index is 0.129. The number of nitrogens with zero attached hydrogens (tertiary/aromatic N) is 1. The normalized spacial score (nSPS) is 15.2. The van der Waals surface area contributed by atoms with E-state index < -0.39 is 0 Å². The van der Waals surface area contributed by atoms with Crippen molar-refractivity contribution >= 4 is 11.6 Å². The number of carbonyl (C=O) groups excluding carboxylic acids is 1. The summed E-state index contributed by atoms with van der Waals surface area (Å²) in [5.41, 5.74) is 9.46. The van der Waals surface area contributed by atoms with Gasteiger partial charge in [0.05, 0.1) is 0 Å². The van der Waals surface area contributed by atoms with E-state index in [1.807, 2.05) is 19.1 Å². The molecule has 1 aromatic rings. The van der Waals surface area contributed by atoms with E-state index in [-0.39, 0.29) is 5.91 Å². The monoisotopic (exact) mass is 247 g/mol. The Hall–Kier alpha value is -1.55. The zero-order valence-corrected chi connectivity index (χ0v) is 10.9. The van der Waals surface area contributed by atoms with Gasteiger partial charge in [0.2, 0.25) is 5.91 Å². The zero-order chi connectivity index (χ0) is 13.0. The lowest BCUT2D eigenvalue weighted by Gasteiger charge is -2.29. The third kappa shape index (κ3) is 3.01. The van der Waals surface area contributed by atoms with Gasteiger partial charge in [-0.1, -0.05) is 12.1 Å². The molecule has 2 rings (SSSR count). The van der Waals surface area contributed by atoms with Crippen LogP contribution >= 0.6 is 0 Å². The Bertz CT molecular complexity index is 431. The Labute approximate surface area is 108 Å². The molecule has 0 saturated heterocycles. The highest BCUT2D eigenvalue weighted by Gasteiger charge is 2.18. The molecular weight excluding hydrogens is 226 g/mol. The van der Waals surface area contributed by atoms with Crippen molar-refractivity contribution in [3.63, 3.8) is 0 Å². The number of fused-ring (bicyclic) bond motifs is 1. The zero-order valence-electron chi connectivity index (χ0n) is 10.9. The molecule has 4 nitrogen and oxygen atoms in total. The van der Waals surface area contributed by atoms with Crippen LogP contribution < -0.4 is 11.1 Å². The number of hydrogen-bond donors (Lipinski definition) is 2. The lowest BCUT2D eigenvalue weighted by Crippen LogP contribution is -2.34. The molecule has 0 saturated carbocycles. The first-order chi connectivity index (χ1) is 8.70. The van der Waals surface area contributed by atoms with Crippen LogP contribution in [0.2, 0.25) is 0 Å². The third-order valence-electron chi connectivity index (χ3n) is 3.42. The van der Waals surface area contributed by atoms with Crippen LogP contribution in [0, 0.1) is 0 Å². The summed E-state index contributed by atoms with van der Waals surface area (Å²) < 4.78 is 0. The summed E-state index contributed by atoms with van der Waals surface area (Å²) in [6.07, 6.45) is 1.59. The highest BCUT2D eigenvalue weighted by molar-refractivity contribution is 5.75. The number of amides is 1. The summed E-state index contributed by atoms with van der Waals surface area (Å²) in [6.45, 7) is 5.32. The lowest BCUT2D eigenvalue weighted by atomic mass is 9.98. The number of rotatable bonds is 4. The third-order valence-corrected chi connectivity index (χ3v) is 3.42. The maximum atomic E-state index is 11.4. The number of nitrogens with one attached hydrogen (secondary N) is 1. The quantitative estimate of drug-likeness (QED) is 0.785. The molecule has 0 radical (unpaired) electrons. The molecule has 0 bridgehead atoms. The fourth-order valence-corrected chi connectivity index (χ4v) is 2.40. The number of nitrogens with two attached hydrogens (primary N) is 1. The van der Waals surface area contributed by atoms with E-state index in [2.05, 4.69) is 16.3 Å². The Morgan fingerprint density at radius 1 is 1.50 bits per heavy atom. The molecule has 3 N–H and O–H groups in total. The molecule has 0 atom stereocenters. The van der Waals surface area contributed by atoms with E-state index in [0.717, 1.165) is 31.7 Å². The maximum Gasteiger partial charge on any atom is 0.221 e. The van der Waals surface area contributed by atoms with Crippen molar-refractivity contribution < 1.29 is 4.79 Å². The van der Waals surface area contributed by atoms with Crippen LogP contribution in [-0.2, 0) is 17.8 Å². The van der Waals surface area contributed by atoms with Crippen molar-refractivity contribution in [2.75, 3.05) is 25.4 Å². The van der Waals surface area contributed by atoms with Crippen LogP contribution in [0.5, 0.6) is 0 Å². The van der Waals surface area contributed by atoms with Gasteiger partial charge in [-0.3, -0.25) is 9.69 Å². The first-order valence-corrected chi connectivity index (χ1v) is 6.56. The second-order valence-corrected chi connectivity index (χ2v) is 4.71. The van der Waals surface area contributed by atoms with E-state index in [1.54, 1.807) is 0 Å². The van der Waals surface area contributed by atoms with Crippen molar-refractivity contribution in [2.45, 2.75) is 26.3 Å². The molecule has 98 valence electrons. The van der Waals surface area contributed by atoms with E-state index >= 15 is 0 Å². The summed E-state index contributed by atoms with van der Waals surface area (Å²) in [5, 5.41) is 2.83. The minimum absolute atomic E-state index is 0.129. The molecule has 4 heteroatoms. The predicted molar refractivity (Wildman–Crippen MR) is 73.1 cm³/mol. The molecule has 1 heterocycles. The molecule has 0 aromatic heterocycles. The fourth-order valence-electron chi connectivity index (χ4n) is 2.40. The second-order valence-electron chi connectivity index (χ2n) is 4.71. The van der Waals surface area contributed by atoms with Gasteiger partial charge in [0.15, 0.2) is 0 Å². The molecule has 1 aliphatic rings. The Balaban J connectivity index is 1.91. The van der Waals surface area contributed by atoms with Crippen LogP contribution in [0.3, 0.4) is 0 Å². The van der Waals surface area contributed by atoms with E-state index in [9.17, 15) is 4.79 Å². The minimum Gasteiger partial charge on any atom is -0.398 e. The molecule has 0 spiro atoms. The smallest absolute Gasteiger partial charge is 0.221 e. The van der Waals surface area contributed by atoms with Gasteiger partial charge in [-0.2, -0.15) is 0 Å². The Morgan fingerprint density at radius 2 is 2.33 bits per heavy atom. The summed E-state index contributed by atoms with van der Waals surface area (Å²) in [5.74, 6) is 0.129. The van der Waals surface area contributed by atoms with Gasteiger partial charge in [-0.15, -0.1) is 0 Å². The summed E-state index contributed by atoms with van der Waals surface area (Å²) in [4.78, 5) is 13.7. The molecule has 0 aliphatic carbocycles. The lowest BCUT2D eigenvalue weighted by molar-refractivity contribution is -0.121. The summed E-state index contributed by atoms with van der Waals surface area (Å²) in [7, 11) is 0. The van der Waals surface area contributed by atoms with Crippen LogP contribution in [0.1, 0.15) is 24.5 Å². The van der Waals surface area contributed by atoms with E-state index in [0.29, 0.717) is 13.0 Å². The average Bonchev–Trinajstić information content (AvgIpc) is 2.37. The Morgan fingerprint density at radius 3 is 3.11 bits per heavy atom. The van der Waals surface area contributed by atoms with Crippen molar-refractivity contribution in [1.82, 2.24) is 10.2 Å². The predicted octanol–water partition coefficient (Wildman–Crippen LogP) is 1.15. The second kappa shape index (κ2) is 5.87. The molecule has 18 heavy (non-hydrogen) atoms. The van der Waals surface area contributed by atoms with Gasteiger partial charge in [0, 0.05) is 38.3 Å². The van der Waals surface area contributed by atoms with Gasteiger partial charge >= 0.3 is 0 Å². The van der Waals surface area contributed by atoms with E-state index in [1.165, 1.54) is 11.1 Å². The van der Waals surface area contributed by atoms with Gasteiger partial charge in [-0.25, -0.2) is 0 Å². The van der Waals surface area contributed by atoms with E-state index in [4.69, 9.17) is 5.73 Å². The SMILES string of the molecule is CCNC(=O)CCN1CCc2cccc(N)c2C1. The van der Waals surface area contributed by atoms with Crippen molar-refractivity contribution in [2.24, 2.45) is 0 Å². The van der Waals surface area contributed by atoms with Gasteiger partial charge < -0.3 is 11.1 Å². The molecule has 0 fully saturated rings. The molecular formula is C14H21N3O. The van der Waals surface area contributed by atoms with Crippen LogP contribution in [0.15, 0.2) is 18.2 Å². The standard InChI is InChI=1S/C14H21N3O/c1-2-16-14(18)7-9-17-8-6-11-4-3-5-13(15)12(11)10-17/h3-5H,2,6-10,15H2,1H3,(H,16,18). The van der Waals surface area contributed by atoms with Gasteiger partial charge in [0.25, 0.3) is 0 Å².